The van der Waals surface area contributed by atoms with Crippen molar-refractivity contribution in [1.82, 2.24) is 0 Å². The van der Waals surface area contributed by atoms with Gasteiger partial charge in [-0.25, -0.2) is 0 Å². The normalized spacial score (nSPS) is 12.1. The number of nitrogens with two attached hydrogens (primary N) is 1. The van der Waals surface area contributed by atoms with Crippen molar-refractivity contribution >= 4 is 32.7 Å². The predicted molar refractivity (Wildman–Crippen MR) is 113 cm³/mol. The zero-order valence-electron chi connectivity index (χ0n) is 14.3. The van der Waals surface area contributed by atoms with E-state index in [1.54, 1.807) is 6.08 Å². The highest BCUT2D eigenvalue weighted by molar-refractivity contribution is 7.23. The molecule has 2 aromatic rings. The monoisotopic (exact) mass is 333 g/mol. The van der Waals surface area contributed by atoms with Gasteiger partial charge in [0.1, 0.15) is 0 Å². The molecule has 1 atom stereocenters. The van der Waals surface area contributed by atoms with Gasteiger partial charge in [-0.2, -0.15) is 0 Å². The Morgan fingerprint density at radius 2 is 1.83 bits per heavy atom. The van der Waals surface area contributed by atoms with Gasteiger partial charge < -0.3 is 5.73 Å². The molecule has 0 saturated heterocycles. The van der Waals surface area contributed by atoms with Crippen molar-refractivity contribution in [3.63, 3.8) is 0 Å². The van der Waals surface area contributed by atoms with E-state index < -0.39 is 0 Å². The van der Waals surface area contributed by atoms with Crippen molar-refractivity contribution in [3.8, 4) is 0 Å². The Morgan fingerprint density at radius 1 is 1.12 bits per heavy atom. The topological polar surface area (TPSA) is 26.0 Å². The molecule has 0 aliphatic rings. The standard InChI is InChI=1S/C22H24NP/c1-5-7-11-18-15(3)13-14-20(23)22(18)21(16(4)24)19-12-9-8-10-17(19)6-2/h5-14H,1-2,23-24H2,3-4H3/b11-7-,21-16-. The van der Waals surface area contributed by atoms with Crippen LogP contribution in [0.4, 0.5) is 5.69 Å². The van der Waals surface area contributed by atoms with Gasteiger partial charge in [-0.3, -0.25) is 0 Å². The first-order valence-corrected chi connectivity index (χ1v) is 8.45. The molecule has 24 heavy (non-hydrogen) atoms. The Balaban J connectivity index is 2.87. The molecule has 0 amide bonds. The minimum atomic E-state index is 0.764. The third-order valence-corrected chi connectivity index (χ3v) is 4.28. The zero-order chi connectivity index (χ0) is 17.7. The van der Waals surface area contributed by atoms with Crippen LogP contribution in [-0.2, 0) is 0 Å². The first-order chi connectivity index (χ1) is 11.5. The molecule has 0 fully saturated rings. The molecular formula is C22H24NP. The fourth-order valence-electron chi connectivity index (χ4n) is 2.85. The van der Waals surface area contributed by atoms with E-state index in [9.17, 15) is 0 Å². The van der Waals surface area contributed by atoms with Crippen LogP contribution in [0.1, 0.15) is 34.7 Å². The molecule has 0 saturated carbocycles. The summed E-state index contributed by atoms with van der Waals surface area (Å²) in [5, 5.41) is 1.13. The molecule has 1 nitrogen and oxygen atoms in total. The number of nitrogen functional groups attached to an aromatic ring is 1. The summed E-state index contributed by atoms with van der Waals surface area (Å²) in [5.74, 6) is 0. The van der Waals surface area contributed by atoms with Crippen molar-refractivity contribution in [2.24, 2.45) is 0 Å². The third-order valence-electron chi connectivity index (χ3n) is 3.99. The first kappa shape index (κ1) is 18.0. The van der Waals surface area contributed by atoms with Gasteiger partial charge in [-0.05, 0) is 53.1 Å². The molecule has 0 heterocycles. The van der Waals surface area contributed by atoms with E-state index in [1.807, 2.05) is 30.4 Å². The van der Waals surface area contributed by atoms with Gasteiger partial charge in [0.25, 0.3) is 0 Å². The van der Waals surface area contributed by atoms with Gasteiger partial charge in [-0.1, -0.05) is 67.8 Å². The summed E-state index contributed by atoms with van der Waals surface area (Å²) in [6, 6.07) is 12.3. The number of rotatable bonds is 5. The maximum absolute atomic E-state index is 6.40. The Labute approximate surface area is 147 Å². The second-order valence-electron chi connectivity index (χ2n) is 5.70. The van der Waals surface area contributed by atoms with Gasteiger partial charge in [-0.15, -0.1) is 9.24 Å². The van der Waals surface area contributed by atoms with Crippen molar-refractivity contribution in [1.29, 1.82) is 0 Å². The fourth-order valence-corrected chi connectivity index (χ4v) is 3.15. The second-order valence-corrected chi connectivity index (χ2v) is 6.57. The maximum atomic E-state index is 6.40. The lowest BCUT2D eigenvalue weighted by Gasteiger charge is -2.19. The number of benzene rings is 2. The van der Waals surface area contributed by atoms with Crippen LogP contribution in [0.2, 0.25) is 0 Å². The highest BCUT2D eigenvalue weighted by Gasteiger charge is 2.17. The highest BCUT2D eigenvalue weighted by Crippen LogP contribution is 2.38. The molecule has 2 aromatic carbocycles. The molecule has 0 aromatic heterocycles. The summed E-state index contributed by atoms with van der Waals surface area (Å²) in [7, 11) is 2.82. The van der Waals surface area contributed by atoms with E-state index >= 15 is 0 Å². The van der Waals surface area contributed by atoms with Crippen LogP contribution in [0.15, 0.2) is 67.0 Å². The second kappa shape index (κ2) is 7.95. The summed E-state index contributed by atoms with van der Waals surface area (Å²) >= 11 is 0. The van der Waals surface area contributed by atoms with Crippen LogP contribution in [0.5, 0.6) is 0 Å². The molecule has 122 valence electrons. The lowest BCUT2D eigenvalue weighted by molar-refractivity contribution is 1.40. The molecule has 0 radical (unpaired) electrons. The molecule has 2 rings (SSSR count). The van der Waals surface area contributed by atoms with E-state index in [4.69, 9.17) is 5.73 Å². The van der Waals surface area contributed by atoms with Gasteiger partial charge in [0, 0.05) is 11.3 Å². The van der Waals surface area contributed by atoms with E-state index in [0.29, 0.717) is 0 Å². The molecule has 0 aliphatic heterocycles. The van der Waals surface area contributed by atoms with Crippen LogP contribution in [0.3, 0.4) is 0 Å². The number of hydrogen-bond donors (Lipinski definition) is 1. The molecule has 1 unspecified atom stereocenters. The van der Waals surface area contributed by atoms with Crippen LogP contribution >= 0.6 is 9.24 Å². The largest absolute Gasteiger partial charge is 0.398 e. The number of allylic oxidation sites excluding steroid dienone is 3. The minimum absolute atomic E-state index is 0.764. The number of hydrogen-bond acceptors (Lipinski definition) is 1. The molecular weight excluding hydrogens is 309 g/mol. The lowest BCUT2D eigenvalue weighted by atomic mass is 9.87. The van der Waals surface area contributed by atoms with Crippen molar-refractivity contribution in [3.05, 3.63) is 94.8 Å². The average molecular weight is 333 g/mol. The van der Waals surface area contributed by atoms with Crippen molar-refractivity contribution < 1.29 is 0 Å². The lowest BCUT2D eigenvalue weighted by Crippen LogP contribution is -2.02. The average Bonchev–Trinajstić information content (AvgIpc) is 2.57. The Morgan fingerprint density at radius 3 is 2.46 bits per heavy atom. The van der Waals surface area contributed by atoms with Gasteiger partial charge >= 0.3 is 0 Å². The SMILES string of the molecule is C=C/C=C\c1c(C)ccc(N)c1/C(=C(/C)P)c1ccccc1C=C. The summed E-state index contributed by atoms with van der Waals surface area (Å²) < 4.78 is 0. The molecule has 2 N–H and O–H groups in total. The maximum Gasteiger partial charge on any atom is 0.0400 e. The summed E-state index contributed by atoms with van der Waals surface area (Å²) in [5.41, 5.74) is 13.9. The first-order valence-electron chi connectivity index (χ1n) is 7.88. The quantitative estimate of drug-likeness (QED) is 0.401. The summed E-state index contributed by atoms with van der Waals surface area (Å²) in [6.45, 7) is 11.9. The molecule has 0 aliphatic carbocycles. The molecule has 0 spiro atoms. The fraction of sp³-hybridized carbons (Fsp3) is 0.0909. The van der Waals surface area contributed by atoms with Gasteiger partial charge in [0.05, 0.1) is 0 Å². The summed E-state index contributed by atoms with van der Waals surface area (Å²) in [6.07, 6.45) is 7.67. The zero-order valence-corrected chi connectivity index (χ0v) is 15.5. The van der Waals surface area contributed by atoms with Crippen molar-refractivity contribution in [2.45, 2.75) is 13.8 Å². The van der Waals surface area contributed by atoms with Crippen LogP contribution in [-0.4, -0.2) is 0 Å². The van der Waals surface area contributed by atoms with Crippen LogP contribution < -0.4 is 5.73 Å². The van der Waals surface area contributed by atoms with E-state index in [2.05, 4.69) is 60.5 Å². The van der Waals surface area contributed by atoms with E-state index in [-0.39, 0.29) is 0 Å². The number of anilines is 1. The third kappa shape index (κ3) is 3.58. The van der Waals surface area contributed by atoms with E-state index in [1.165, 1.54) is 5.56 Å². The molecule has 2 heteroatoms. The van der Waals surface area contributed by atoms with Crippen LogP contribution in [0, 0.1) is 6.92 Å². The van der Waals surface area contributed by atoms with Crippen molar-refractivity contribution in [2.75, 3.05) is 5.73 Å². The Hall–Kier alpha value is -2.37. The predicted octanol–water partition coefficient (Wildman–Crippen LogP) is 6.07. The highest BCUT2D eigenvalue weighted by atomic mass is 31.0. The Kier molecular flexibility index (Phi) is 5.95. The minimum Gasteiger partial charge on any atom is -0.398 e. The van der Waals surface area contributed by atoms with E-state index in [0.717, 1.165) is 38.8 Å². The van der Waals surface area contributed by atoms with Gasteiger partial charge in [0.15, 0.2) is 0 Å². The van der Waals surface area contributed by atoms with Gasteiger partial charge in [0.2, 0.25) is 0 Å². The smallest absolute Gasteiger partial charge is 0.0400 e. The molecule has 0 bridgehead atoms. The summed E-state index contributed by atoms with van der Waals surface area (Å²) in [4.78, 5) is 0. The number of aryl methyl sites for hydroxylation is 1. The Bertz CT molecular complexity index is 837. The van der Waals surface area contributed by atoms with Crippen LogP contribution in [0.25, 0.3) is 17.7 Å².